The van der Waals surface area contributed by atoms with Gasteiger partial charge in [0.05, 0.1) is 10.6 Å². The summed E-state index contributed by atoms with van der Waals surface area (Å²) in [6, 6.07) is 14.6. The zero-order chi connectivity index (χ0) is 22.2. The second-order valence-corrected chi connectivity index (χ2v) is 9.91. The van der Waals surface area contributed by atoms with Crippen LogP contribution in [-0.4, -0.2) is 45.4 Å². The average Bonchev–Trinajstić information content (AvgIpc) is 3.07. The summed E-state index contributed by atoms with van der Waals surface area (Å²) in [6.45, 7) is 7.66. The Morgan fingerprint density at radius 2 is 1.71 bits per heavy atom. The highest BCUT2D eigenvalue weighted by Gasteiger charge is 2.28. The van der Waals surface area contributed by atoms with Gasteiger partial charge < -0.3 is 14.8 Å². The molecular weight excluding hydrogens is 413 g/mol. The minimum atomic E-state index is -3.55. The Bertz CT molecular complexity index is 1200. The molecule has 2 heterocycles. The van der Waals surface area contributed by atoms with Crippen LogP contribution >= 0.6 is 0 Å². The van der Waals surface area contributed by atoms with E-state index in [1.54, 1.807) is 0 Å². The van der Waals surface area contributed by atoms with Gasteiger partial charge in [-0.1, -0.05) is 30.3 Å². The van der Waals surface area contributed by atoms with Crippen molar-refractivity contribution >= 4 is 15.5 Å². The Hall–Kier alpha value is -2.64. The van der Waals surface area contributed by atoms with Gasteiger partial charge >= 0.3 is 0 Å². The first kappa shape index (κ1) is 21.6. The summed E-state index contributed by atoms with van der Waals surface area (Å²) >= 11 is 0. The van der Waals surface area contributed by atoms with Crippen LogP contribution in [0.3, 0.4) is 0 Å². The van der Waals surface area contributed by atoms with E-state index in [-0.39, 0.29) is 10.7 Å². The standard InChI is InChI=1S/C24H28FN3O2S/c1-4-28-17(2)24(31(3,29)30)22(23(28)18-8-6-5-7-9-18)19-14-20(25)16-21(15-19)27-12-10-26-11-13-27/h5-9,14-16,26H,4,10-13H2,1-3H3. The van der Waals surface area contributed by atoms with Gasteiger partial charge in [-0.2, -0.15) is 0 Å². The topological polar surface area (TPSA) is 54.3 Å². The first-order valence-corrected chi connectivity index (χ1v) is 12.5. The number of sulfone groups is 1. The number of piperazine rings is 1. The van der Waals surface area contributed by atoms with Gasteiger partial charge in [0, 0.05) is 55.9 Å². The second-order valence-electron chi connectivity index (χ2n) is 7.96. The van der Waals surface area contributed by atoms with Crippen molar-refractivity contribution in [3.8, 4) is 22.4 Å². The van der Waals surface area contributed by atoms with Crippen molar-refractivity contribution < 1.29 is 12.8 Å². The number of hydrogen-bond acceptors (Lipinski definition) is 4. The molecule has 0 spiro atoms. The van der Waals surface area contributed by atoms with E-state index in [4.69, 9.17) is 0 Å². The summed E-state index contributed by atoms with van der Waals surface area (Å²) in [6.07, 6.45) is 1.23. The van der Waals surface area contributed by atoms with Crippen molar-refractivity contribution in [3.05, 3.63) is 60.0 Å². The number of halogens is 1. The monoisotopic (exact) mass is 441 g/mol. The van der Waals surface area contributed by atoms with E-state index in [2.05, 4.69) is 10.2 Å². The van der Waals surface area contributed by atoms with E-state index in [1.165, 1.54) is 18.4 Å². The van der Waals surface area contributed by atoms with E-state index in [0.717, 1.165) is 43.1 Å². The molecule has 1 aliphatic heterocycles. The molecule has 31 heavy (non-hydrogen) atoms. The van der Waals surface area contributed by atoms with Gasteiger partial charge in [0.15, 0.2) is 9.84 Å². The molecule has 1 N–H and O–H groups in total. The lowest BCUT2D eigenvalue weighted by Gasteiger charge is -2.30. The smallest absolute Gasteiger partial charge is 0.177 e. The molecule has 1 aromatic heterocycles. The lowest BCUT2D eigenvalue weighted by Crippen LogP contribution is -2.43. The summed E-state index contributed by atoms with van der Waals surface area (Å²) in [5.74, 6) is -0.369. The summed E-state index contributed by atoms with van der Waals surface area (Å²) < 4.78 is 42.6. The molecule has 0 aliphatic carbocycles. The second kappa shape index (κ2) is 8.48. The van der Waals surface area contributed by atoms with Crippen LogP contribution in [0.15, 0.2) is 53.4 Å². The highest BCUT2D eigenvalue weighted by atomic mass is 32.2. The van der Waals surface area contributed by atoms with Gasteiger partial charge in [0.2, 0.25) is 0 Å². The van der Waals surface area contributed by atoms with Gasteiger partial charge in [-0.15, -0.1) is 0 Å². The molecule has 0 unspecified atom stereocenters. The molecule has 4 rings (SSSR count). The maximum atomic E-state index is 14.8. The third-order valence-corrected chi connectivity index (χ3v) is 7.10. The summed E-state index contributed by atoms with van der Waals surface area (Å²) in [5.41, 5.74) is 4.32. The normalized spacial score (nSPS) is 14.8. The van der Waals surface area contributed by atoms with E-state index in [0.29, 0.717) is 23.4 Å². The lowest BCUT2D eigenvalue weighted by atomic mass is 10.00. The van der Waals surface area contributed by atoms with Crippen LogP contribution in [0, 0.1) is 12.7 Å². The molecule has 1 saturated heterocycles. The van der Waals surface area contributed by atoms with Crippen LogP contribution < -0.4 is 10.2 Å². The molecule has 0 saturated carbocycles. The molecule has 0 radical (unpaired) electrons. The minimum Gasteiger partial charge on any atom is -0.369 e. The van der Waals surface area contributed by atoms with Crippen molar-refractivity contribution in [1.29, 1.82) is 0 Å². The predicted molar refractivity (Wildman–Crippen MR) is 124 cm³/mol. The third-order valence-electron chi connectivity index (χ3n) is 5.85. The maximum absolute atomic E-state index is 14.8. The largest absolute Gasteiger partial charge is 0.369 e. The fourth-order valence-electron chi connectivity index (χ4n) is 4.55. The number of rotatable bonds is 5. The lowest BCUT2D eigenvalue weighted by molar-refractivity contribution is 0.585. The van der Waals surface area contributed by atoms with E-state index >= 15 is 0 Å². The number of benzene rings is 2. The van der Waals surface area contributed by atoms with E-state index in [9.17, 15) is 12.8 Å². The highest BCUT2D eigenvalue weighted by molar-refractivity contribution is 7.91. The number of nitrogens with one attached hydrogen (secondary N) is 1. The Morgan fingerprint density at radius 3 is 2.32 bits per heavy atom. The van der Waals surface area contributed by atoms with Crippen LogP contribution in [-0.2, 0) is 16.4 Å². The predicted octanol–water partition coefficient (Wildman–Crippen LogP) is 4.10. The van der Waals surface area contributed by atoms with Gasteiger partial charge in [0.25, 0.3) is 0 Å². The first-order chi connectivity index (χ1) is 14.8. The fraction of sp³-hybridized carbons (Fsp3) is 0.333. The molecular formula is C24H28FN3O2S. The van der Waals surface area contributed by atoms with Crippen molar-refractivity contribution in [2.45, 2.75) is 25.3 Å². The fourth-order valence-corrected chi connectivity index (χ4v) is 5.78. The summed E-state index contributed by atoms with van der Waals surface area (Å²) in [7, 11) is -3.55. The zero-order valence-corrected chi connectivity index (χ0v) is 19.0. The van der Waals surface area contributed by atoms with Gasteiger partial charge in [-0.25, -0.2) is 12.8 Å². The van der Waals surface area contributed by atoms with Crippen molar-refractivity contribution in [1.82, 2.24) is 9.88 Å². The molecule has 2 aromatic carbocycles. The Morgan fingerprint density at radius 1 is 1.03 bits per heavy atom. The van der Waals surface area contributed by atoms with Crippen molar-refractivity contribution in [2.75, 3.05) is 37.3 Å². The number of aromatic nitrogens is 1. The molecule has 164 valence electrons. The van der Waals surface area contributed by atoms with Crippen LogP contribution in [0.25, 0.3) is 22.4 Å². The Kier molecular flexibility index (Phi) is 5.90. The quantitative estimate of drug-likeness (QED) is 0.648. The SMILES string of the molecule is CCn1c(C)c(S(C)(=O)=O)c(-c2cc(F)cc(N3CCNCC3)c2)c1-c1ccccc1. The molecule has 0 atom stereocenters. The summed E-state index contributed by atoms with van der Waals surface area (Å²) in [4.78, 5) is 2.40. The van der Waals surface area contributed by atoms with Crippen LogP contribution in [0.5, 0.6) is 0 Å². The zero-order valence-electron chi connectivity index (χ0n) is 18.2. The average molecular weight is 442 g/mol. The number of hydrogen-bond donors (Lipinski definition) is 1. The van der Waals surface area contributed by atoms with E-state index < -0.39 is 9.84 Å². The van der Waals surface area contributed by atoms with Crippen LogP contribution in [0.4, 0.5) is 10.1 Å². The summed E-state index contributed by atoms with van der Waals surface area (Å²) in [5, 5.41) is 3.31. The Labute approximate surface area is 183 Å². The third kappa shape index (κ3) is 4.12. The van der Waals surface area contributed by atoms with Crippen LogP contribution in [0.2, 0.25) is 0 Å². The van der Waals surface area contributed by atoms with E-state index in [1.807, 2.05) is 54.8 Å². The Balaban J connectivity index is 2.03. The number of anilines is 1. The molecule has 0 bridgehead atoms. The highest BCUT2D eigenvalue weighted by Crippen LogP contribution is 2.42. The molecule has 1 fully saturated rings. The van der Waals surface area contributed by atoms with Gasteiger partial charge in [-0.05, 0) is 43.2 Å². The molecule has 7 heteroatoms. The maximum Gasteiger partial charge on any atom is 0.177 e. The molecule has 1 aliphatic rings. The number of nitrogens with zero attached hydrogens (tertiary/aromatic N) is 2. The molecule has 0 amide bonds. The van der Waals surface area contributed by atoms with Crippen LogP contribution in [0.1, 0.15) is 12.6 Å². The van der Waals surface area contributed by atoms with Gasteiger partial charge in [-0.3, -0.25) is 0 Å². The van der Waals surface area contributed by atoms with Gasteiger partial charge in [0.1, 0.15) is 5.82 Å². The minimum absolute atomic E-state index is 0.269. The first-order valence-electron chi connectivity index (χ1n) is 10.6. The molecule has 5 nitrogen and oxygen atoms in total. The molecule has 3 aromatic rings. The van der Waals surface area contributed by atoms with Crippen molar-refractivity contribution in [2.24, 2.45) is 0 Å². The van der Waals surface area contributed by atoms with Crippen molar-refractivity contribution in [3.63, 3.8) is 0 Å².